The van der Waals surface area contributed by atoms with E-state index < -0.39 is 46.3 Å². The van der Waals surface area contributed by atoms with Crippen LogP contribution in [0.5, 0.6) is 0 Å². The van der Waals surface area contributed by atoms with Gasteiger partial charge in [-0.1, -0.05) is 29.8 Å². The third kappa shape index (κ3) is 6.53. The van der Waals surface area contributed by atoms with Crippen molar-refractivity contribution in [3.8, 4) is 16.9 Å². The van der Waals surface area contributed by atoms with Crippen molar-refractivity contribution in [2.24, 2.45) is 0 Å². The van der Waals surface area contributed by atoms with E-state index in [0.29, 0.717) is 24.9 Å². The SMILES string of the molecule is COC(=O)OC(C)On1on1N1CCC[C@H]1C(=O)NS(=O)(=O)c1ccc(-n2nc(C(F)(F)F)cc2-c2ccc(C)cc2)cc1. The summed E-state index contributed by atoms with van der Waals surface area (Å²) in [6, 6.07) is 11.7. The summed E-state index contributed by atoms with van der Waals surface area (Å²) in [5.74, 6) is -0.843. The minimum absolute atomic E-state index is 0.157. The number of aryl methyl sites for hydroxylation is 1. The summed E-state index contributed by atoms with van der Waals surface area (Å²) >= 11 is 0. The molecule has 44 heavy (non-hydrogen) atoms. The van der Waals surface area contributed by atoms with Gasteiger partial charge in [-0.15, -0.1) is 0 Å². The molecule has 3 heterocycles. The van der Waals surface area contributed by atoms with Gasteiger partial charge in [-0.05, 0) is 50.1 Å². The van der Waals surface area contributed by atoms with Crippen LogP contribution in [0.25, 0.3) is 16.9 Å². The first-order chi connectivity index (χ1) is 20.8. The number of benzene rings is 2. The summed E-state index contributed by atoms with van der Waals surface area (Å²) < 4.78 is 84.1. The number of carbonyl (C=O) groups excluding carboxylic acids is 2. The number of halogens is 3. The molecule has 1 unspecified atom stereocenters. The van der Waals surface area contributed by atoms with Gasteiger partial charge in [0.25, 0.3) is 22.2 Å². The zero-order valence-corrected chi connectivity index (χ0v) is 24.3. The second-order valence-electron chi connectivity index (χ2n) is 9.79. The van der Waals surface area contributed by atoms with Crippen LogP contribution in [0.3, 0.4) is 0 Å². The molecule has 2 aromatic heterocycles. The van der Waals surface area contributed by atoms with E-state index in [0.717, 1.165) is 45.5 Å². The molecule has 1 N–H and O–H groups in total. The number of nitrogens with zero attached hydrogens (tertiary/aromatic N) is 5. The van der Waals surface area contributed by atoms with Crippen LogP contribution in [0.4, 0.5) is 18.0 Å². The third-order valence-electron chi connectivity index (χ3n) is 6.65. The fraction of sp³-hybridized carbons (Fsp3) is 0.346. The summed E-state index contributed by atoms with van der Waals surface area (Å²) in [4.78, 5) is 30.2. The van der Waals surface area contributed by atoms with Gasteiger partial charge in [0.05, 0.1) is 28.4 Å². The molecule has 2 atom stereocenters. The van der Waals surface area contributed by atoms with Crippen molar-refractivity contribution >= 4 is 22.1 Å². The van der Waals surface area contributed by atoms with Crippen molar-refractivity contribution in [2.75, 3.05) is 18.7 Å². The molecule has 14 nitrogen and oxygen atoms in total. The summed E-state index contributed by atoms with van der Waals surface area (Å²) in [7, 11) is -3.25. The molecule has 0 spiro atoms. The molecular weight excluding hydrogens is 613 g/mol. The van der Waals surface area contributed by atoms with Crippen LogP contribution in [0.15, 0.2) is 64.1 Å². The second-order valence-corrected chi connectivity index (χ2v) is 11.5. The van der Waals surface area contributed by atoms with Crippen LogP contribution in [0.2, 0.25) is 0 Å². The number of amides is 1. The number of sulfonamides is 1. The Kier molecular flexibility index (Phi) is 8.11. The van der Waals surface area contributed by atoms with Crippen LogP contribution < -0.4 is 14.6 Å². The Balaban J connectivity index is 1.30. The highest BCUT2D eigenvalue weighted by Gasteiger charge is 2.39. The maximum absolute atomic E-state index is 13.5. The molecule has 4 aromatic rings. The lowest BCUT2D eigenvalue weighted by atomic mass is 10.1. The van der Waals surface area contributed by atoms with Gasteiger partial charge in [0.2, 0.25) is 0 Å². The van der Waals surface area contributed by atoms with E-state index in [-0.39, 0.29) is 16.3 Å². The van der Waals surface area contributed by atoms with Crippen LogP contribution in [0.1, 0.15) is 31.0 Å². The Labute approximate surface area is 248 Å². The van der Waals surface area contributed by atoms with Crippen molar-refractivity contribution in [3.05, 3.63) is 65.9 Å². The van der Waals surface area contributed by atoms with E-state index in [2.05, 4.69) is 9.84 Å². The Morgan fingerprint density at radius 1 is 1.11 bits per heavy atom. The number of aromatic nitrogens is 4. The summed E-state index contributed by atoms with van der Waals surface area (Å²) in [6.07, 6.45) is -5.95. The van der Waals surface area contributed by atoms with Gasteiger partial charge in [0.1, 0.15) is 11.1 Å². The van der Waals surface area contributed by atoms with E-state index in [1.54, 1.807) is 24.3 Å². The molecule has 0 saturated carbocycles. The number of hydrogen-bond acceptors (Lipinski definition) is 10. The normalized spacial score (nSPS) is 16.1. The number of methoxy groups -OCH3 is 1. The number of nitrogens with one attached hydrogen (secondary N) is 1. The number of alkyl halides is 3. The molecule has 1 fully saturated rings. The summed E-state index contributed by atoms with van der Waals surface area (Å²) in [6.45, 7) is 3.57. The highest BCUT2D eigenvalue weighted by molar-refractivity contribution is 7.90. The number of ether oxygens (including phenoxy) is 2. The molecule has 5 rings (SSSR count). The molecule has 1 amide bonds. The summed E-state index contributed by atoms with van der Waals surface area (Å²) in [5, 5.41) is 5.98. The van der Waals surface area contributed by atoms with Gasteiger partial charge >= 0.3 is 12.3 Å². The van der Waals surface area contributed by atoms with E-state index in [4.69, 9.17) is 14.2 Å². The Morgan fingerprint density at radius 3 is 2.43 bits per heavy atom. The zero-order chi connectivity index (χ0) is 31.8. The topological polar surface area (TPSA) is 152 Å². The first-order valence-electron chi connectivity index (χ1n) is 13.1. The largest absolute Gasteiger partial charge is 0.511 e. The fourth-order valence-electron chi connectivity index (χ4n) is 4.47. The Hall–Kier alpha value is -4.87. The van der Waals surface area contributed by atoms with E-state index in [1.807, 2.05) is 11.6 Å². The van der Waals surface area contributed by atoms with Gasteiger partial charge in [0, 0.05) is 19.0 Å². The second kappa shape index (κ2) is 11.7. The molecule has 0 aliphatic carbocycles. The van der Waals surface area contributed by atoms with Crippen molar-refractivity contribution in [1.82, 2.24) is 24.5 Å². The first-order valence-corrected chi connectivity index (χ1v) is 14.6. The monoisotopic (exact) mass is 640 g/mol. The van der Waals surface area contributed by atoms with Crippen LogP contribution in [-0.4, -0.2) is 66.2 Å². The standard InChI is InChI=1S/C26H27F3N6O8S/c1-16-6-8-18(9-7-16)22-15-23(26(27,28)29)30-33(22)19-10-12-20(13-11-19)44(38,39)31-24(36)21-5-4-14-32(21)34-35(43-34)42-17(2)41-25(37)40-3/h6-13,15,17,21H,4-5,14H2,1-3H3,(H,31,36)/t17?,21-,34?,35?/m0/s1. The van der Waals surface area contributed by atoms with Crippen molar-refractivity contribution in [3.63, 3.8) is 0 Å². The minimum atomic E-state index is -4.70. The van der Waals surface area contributed by atoms with Crippen molar-refractivity contribution < 1.29 is 50.1 Å². The van der Waals surface area contributed by atoms with Crippen molar-refractivity contribution in [1.29, 1.82) is 0 Å². The van der Waals surface area contributed by atoms with Crippen LogP contribution >= 0.6 is 0 Å². The number of rotatable bonds is 9. The third-order valence-corrected chi connectivity index (χ3v) is 8.01. The highest BCUT2D eigenvalue weighted by Crippen LogP contribution is 2.33. The zero-order valence-electron chi connectivity index (χ0n) is 23.5. The smallest absolute Gasteiger partial charge is 0.438 e. The average Bonchev–Trinajstić information content (AvgIpc) is 3.34. The molecule has 236 valence electrons. The maximum atomic E-state index is 13.5. The Morgan fingerprint density at radius 2 is 1.80 bits per heavy atom. The van der Waals surface area contributed by atoms with Crippen LogP contribution in [0, 0.1) is 6.92 Å². The van der Waals surface area contributed by atoms with Gasteiger partial charge < -0.3 is 14.3 Å². The van der Waals surface area contributed by atoms with E-state index >= 15 is 0 Å². The molecule has 2 aromatic carbocycles. The van der Waals surface area contributed by atoms with Crippen LogP contribution in [-0.2, 0) is 30.5 Å². The minimum Gasteiger partial charge on any atom is -0.438 e. The van der Waals surface area contributed by atoms with Gasteiger partial charge in [-0.25, -0.2) is 27.6 Å². The lowest BCUT2D eigenvalue weighted by Gasteiger charge is -2.19. The van der Waals surface area contributed by atoms with Gasteiger partial charge in [-0.2, -0.15) is 22.9 Å². The lowest BCUT2D eigenvalue weighted by molar-refractivity contribution is -0.141. The molecule has 1 saturated heterocycles. The van der Waals surface area contributed by atoms with Gasteiger partial charge in [0.15, 0.2) is 5.69 Å². The average molecular weight is 641 g/mol. The molecule has 1 aliphatic rings. The van der Waals surface area contributed by atoms with Gasteiger partial charge in [-0.3, -0.25) is 4.79 Å². The molecule has 18 heteroatoms. The first kappa shape index (κ1) is 30.6. The predicted molar refractivity (Wildman–Crippen MR) is 144 cm³/mol. The predicted octanol–water partition coefficient (Wildman–Crippen LogP) is 3.23. The molecule has 1 aliphatic heterocycles. The van der Waals surface area contributed by atoms with E-state index in [9.17, 15) is 31.2 Å². The highest BCUT2D eigenvalue weighted by atomic mass is 32.2. The quantitative estimate of drug-likeness (QED) is 0.213. The Bertz CT molecular complexity index is 1740. The maximum Gasteiger partial charge on any atom is 0.511 e. The fourth-order valence-corrected chi connectivity index (χ4v) is 5.49. The molecule has 0 radical (unpaired) electrons. The molecule has 0 bridgehead atoms. The summed E-state index contributed by atoms with van der Waals surface area (Å²) in [5.41, 5.74) is 0.619. The van der Waals surface area contributed by atoms with Crippen molar-refractivity contribution in [2.45, 2.75) is 50.1 Å². The molecular formula is C26H27F3N6O8S. The number of hydrogen-bond donors (Lipinski definition) is 1. The lowest BCUT2D eigenvalue weighted by Crippen LogP contribution is -2.49. The van der Waals surface area contributed by atoms with E-state index in [1.165, 1.54) is 24.1 Å². The number of carbonyl (C=O) groups is 2.